The van der Waals surface area contributed by atoms with E-state index in [9.17, 15) is 19.0 Å². The molecule has 0 aromatic heterocycles. The number of phosphoric ester groups is 1. The summed E-state index contributed by atoms with van der Waals surface area (Å²) in [6, 6.07) is 0. The van der Waals surface area contributed by atoms with Crippen LogP contribution in [0.1, 0.15) is 194 Å². The minimum absolute atomic E-state index is 0.0501. The summed E-state index contributed by atoms with van der Waals surface area (Å²) in [5.74, 6) is -0.848. The van der Waals surface area contributed by atoms with E-state index in [4.69, 9.17) is 24.3 Å². The highest BCUT2D eigenvalue weighted by Crippen LogP contribution is 2.43. The number of unbranched alkanes of at least 4 members (excludes halogenated alkanes) is 21. The minimum atomic E-state index is -4.38. The van der Waals surface area contributed by atoms with Crippen molar-refractivity contribution < 1.29 is 37.6 Å². The van der Waals surface area contributed by atoms with Gasteiger partial charge in [0.15, 0.2) is 6.10 Å². The molecule has 0 aliphatic rings. The van der Waals surface area contributed by atoms with Gasteiger partial charge in [0.1, 0.15) is 6.61 Å². The molecule has 0 aliphatic heterocycles. The third-order valence-electron chi connectivity index (χ3n) is 9.00. The number of carbonyl (C=O) groups is 2. The van der Waals surface area contributed by atoms with E-state index < -0.39 is 26.5 Å². The van der Waals surface area contributed by atoms with E-state index in [1.54, 1.807) is 0 Å². The van der Waals surface area contributed by atoms with E-state index in [-0.39, 0.29) is 38.6 Å². The second-order valence-electron chi connectivity index (χ2n) is 14.2. The van der Waals surface area contributed by atoms with Crippen LogP contribution in [-0.2, 0) is 32.7 Å². The molecular formula is C43H80NO8P. The Morgan fingerprint density at radius 3 is 1.49 bits per heavy atom. The molecule has 53 heavy (non-hydrogen) atoms. The van der Waals surface area contributed by atoms with Crippen LogP contribution in [0.5, 0.6) is 0 Å². The summed E-state index contributed by atoms with van der Waals surface area (Å²) < 4.78 is 32.7. The first-order valence-corrected chi connectivity index (χ1v) is 23.0. The van der Waals surface area contributed by atoms with E-state index in [2.05, 4.69) is 50.3 Å². The lowest BCUT2D eigenvalue weighted by Crippen LogP contribution is -2.29. The molecule has 0 heterocycles. The quantitative estimate of drug-likeness (QED) is 0.0270. The number of hydrogen-bond donors (Lipinski definition) is 2. The standard InChI is InChI=1S/C43H80NO8P/c1-3-5-7-9-11-13-15-17-19-20-22-23-25-27-29-31-33-35-42(45)49-39-41(40-51-53(47,48)50-38-37-44)52-43(46)36-34-32-30-28-26-24-21-18-16-14-12-10-8-6-4-2/h12,14,17-19,21,41H,3-11,13,15-16,20,22-40,44H2,1-2H3,(H,47,48)/b14-12-,19-17-,21-18-. The summed E-state index contributed by atoms with van der Waals surface area (Å²) in [6.45, 7) is 3.68. The Morgan fingerprint density at radius 2 is 0.981 bits per heavy atom. The van der Waals surface area contributed by atoms with E-state index in [1.165, 1.54) is 89.9 Å². The molecular weight excluding hydrogens is 689 g/mol. The van der Waals surface area contributed by atoms with Crippen molar-refractivity contribution in [1.82, 2.24) is 0 Å². The second kappa shape index (κ2) is 39.9. The van der Waals surface area contributed by atoms with E-state index in [0.717, 1.165) is 70.6 Å². The fourth-order valence-electron chi connectivity index (χ4n) is 5.78. The third kappa shape index (κ3) is 39.7. The smallest absolute Gasteiger partial charge is 0.462 e. The molecule has 310 valence electrons. The number of phosphoric acid groups is 1. The molecule has 0 aliphatic carbocycles. The Kier molecular flexibility index (Phi) is 38.6. The second-order valence-corrected chi connectivity index (χ2v) is 15.7. The molecule has 0 amide bonds. The highest BCUT2D eigenvalue weighted by atomic mass is 31.2. The molecule has 2 atom stereocenters. The van der Waals surface area contributed by atoms with Gasteiger partial charge in [0, 0.05) is 19.4 Å². The Hall–Kier alpha value is -1.77. The van der Waals surface area contributed by atoms with Crippen molar-refractivity contribution >= 4 is 19.8 Å². The van der Waals surface area contributed by atoms with E-state index in [0.29, 0.717) is 6.42 Å². The fourth-order valence-corrected chi connectivity index (χ4v) is 6.54. The van der Waals surface area contributed by atoms with Crippen molar-refractivity contribution in [2.75, 3.05) is 26.4 Å². The number of hydrogen-bond acceptors (Lipinski definition) is 8. The normalized spacial score (nSPS) is 13.7. The molecule has 0 radical (unpaired) electrons. The van der Waals surface area contributed by atoms with Crippen LogP contribution >= 0.6 is 7.82 Å². The van der Waals surface area contributed by atoms with Crippen LogP contribution in [0.4, 0.5) is 0 Å². The van der Waals surface area contributed by atoms with Gasteiger partial charge in [-0.3, -0.25) is 18.6 Å². The average Bonchev–Trinajstić information content (AvgIpc) is 3.14. The predicted molar refractivity (Wildman–Crippen MR) is 220 cm³/mol. The summed E-state index contributed by atoms with van der Waals surface area (Å²) >= 11 is 0. The van der Waals surface area contributed by atoms with E-state index >= 15 is 0 Å². The summed E-state index contributed by atoms with van der Waals surface area (Å²) in [4.78, 5) is 34.8. The van der Waals surface area contributed by atoms with Crippen molar-refractivity contribution in [3.63, 3.8) is 0 Å². The predicted octanol–water partition coefficient (Wildman–Crippen LogP) is 12.2. The van der Waals surface area contributed by atoms with Crippen molar-refractivity contribution in [1.29, 1.82) is 0 Å². The zero-order chi connectivity index (χ0) is 38.9. The molecule has 0 aromatic rings. The van der Waals surface area contributed by atoms with Gasteiger partial charge >= 0.3 is 19.8 Å². The molecule has 0 saturated heterocycles. The molecule has 10 heteroatoms. The summed E-state index contributed by atoms with van der Waals surface area (Å²) in [5, 5.41) is 0. The summed E-state index contributed by atoms with van der Waals surface area (Å²) in [6.07, 6.45) is 43.1. The first-order chi connectivity index (χ1) is 25.8. The maximum Gasteiger partial charge on any atom is 0.472 e. The van der Waals surface area contributed by atoms with Crippen LogP contribution in [0.3, 0.4) is 0 Å². The largest absolute Gasteiger partial charge is 0.472 e. The van der Waals surface area contributed by atoms with Crippen molar-refractivity contribution in [2.24, 2.45) is 5.73 Å². The van der Waals surface area contributed by atoms with Gasteiger partial charge in [-0.2, -0.15) is 0 Å². The number of allylic oxidation sites excluding steroid dienone is 6. The fraction of sp³-hybridized carbons (Fsp3) is 0.814. The van der Waals surface area contributed by atoms with Crippen LogP contribution in [0.2, 0.25) is 0 Å². The lowest BCUT2D eigenvalue weighted by atomic mass is 10.1. The maximum absolute atomic E-state index is 12.6. The van der Waals surface area contributed by atoms with Gasteiger partial charge in [0.05, 0.1) is 13.2 Å². The SMILES string of the molecule is CCCCC/C=C\C/C=C\CCCCCCCC(=O)OC(COC(=O)CCCCCCCCC/C=C\CCCCCCCC)COP(=O)(O)OCCN. The van der Waals surface area contributed by atoms with Crippen LogP contribution in [0, 0.1) is 0 Å². The molecule has 0 aromatic carbocycles. The average molecular weight is 770 g/mol. The van der Waals surface area contributed by atoms with Crippen LogP contribution in [0.15, 0.2) is 36.5 Å². The van der Waals surface area contributed by atoms with E-state index in [1.807, 2.05) is 0 Å². The molecule has 0 spiro atoms. The molecule has 9 nitrogen and oxygen atoms in total. The first-order valence-electron chi connectivity index (χ1n) is 21.5. The van der Waals surface area contributed by atoms with Gasteiger partial charge in [-0.05, 0) is 70.6 Å². The molecule has 0 rings (SSSR count). The van der Waals surface area contributed by atoms with Gasteiger partial charge < -0.3 is 20.1 Å². The number of esters is 2. The van der Waals surface area contributed by atoms with Gasteiger partial charge in [-0.1, -0.05) is 147 Å². The zero-order valence-corrected chi connectivity index (χ0v) is 34.9. The highest BCUT2D eigenvalue weighted by molar-refractivity contribution is 7.47. The molecule has 0 fully saturated rings. The molecule has 3 N–H and O–H groups in total. The van der Waals surface area contributed by atoms with Crippen LogP contribution in [0.25, 0.3) is 0 Å². The van der Waals surface area contributed by atoms with Gasteiger partial charge in [-0.25, -0.2) is 4.57 Å². The minimum Gasteiger partial charge on any atom is -0.462 e. The number of nitrogens with two attached hydrogens (primary N) is 1. The summed E-state index contributed by atoms with van der Waals surface area (Å²) in [7, 11) is -4.38. The highest BCUT2D eigenvalue weighted by Gasteiger charge is 2.26. The molecule has 0 bridgehead atoms. The lowest BCUT2D eigenvalue weighted by molar-refractivity contribution is -0.161. The first kappa shape index (κ1) is 51.2. The Morgan fingerprint density at radius 1 is 0.566 bits per heavy atom. The zero-order valence-electron chi connectivity index (χ0n) is 34.0. The van der Waals surface area contributed by atoms with Gasteiger partial charge in [0.25, 0.3) is 0 Å². The van der Waals surface area contributed by atoms with Crippen molar-refractivity contribution in [2.45, 2.75) is 200 Å². The van der Waals surface area contributed by atoms with Crippen molar-refractivity contribution in [3.05, 3.63) is 36.5 Å². The van der Waals surface area contributed by atoms with Gasteiger partial charge in [-0.15, -0.1) is 0 Å². The summed E-state index contributed by atoms with van der Waals surface area (Å²) in [5.41, 5.74) is 5.34. The Bertz CT molecular complexity index is 970. The maximum atomic E-state index is 12.6. The van der Waals surface area contributed by atoms with Crippen LogP contribution < -0.4 is 5.73 Å². The number of rotatable bonds is 40. The number of ether oxygens (including phenoxy) is 2. The van der Waals surface area contributed by atoms with Gasteiger partial charge in [0.2, 0.25) is 0 Å². The lowest BCUT2D eigenvalue weighted by Gasteiger charge is -2.19. The van der Waals surface area contributed by atoms with Crippen LogP contribution in [-0.4, -0.2) is 49.3 Å². The molecule has 0 saturated carbocycles. The third-order valence-corrected chi connectivity index (χ3v) is 9.98. The molecule has 2 unspecified atom stereocenters. The Labute approximate surface area is 324 Å². The number of carbonyl (C=O) groups excluding carboxylic acids is 2. The monoisotopic (exact) mass is 770 g/mol. The topological polar surface area (TPSA) is 134 Å². The van der Waals surface area contributed by atoms with Crippen molar-refractivity contribution in [3.8, 4) is 0 Å². The Balaban J connectivity index is 4.18.